The van der Waals surface area contributed by atoms with Crippen molar-refractivity contribution in [3.05, 3.63) is 35.3 Å². The van der Waals surface area contributed by atoms with Crippen LogP contribution < -0.4 is 5.32 Å². The number of fused-ring (bicyclic) bond motifs is 1. The molecule has 0 aliphatic carbocycles. The number of methoxy groups -OCH3 is 1. The van der Waals surface area contributed by atoms with Gasteiger partial charge in [-0.15, -0.1) is 0 Å². The highest BCUT2D eigenvalue weighted by molar-refractivity contribution is 6.00. The lowest BCUT2D eigenvalue weighted by atomic mass is 10.1. The zero-order valence-electron chi connectivity index (χ0n) is 11.5. The van der Waals surface area contributed by atoms with Crippen molar-refractivity contribution in [2.45, 2.75) is 13.0 Å². The van der Waals surface area contributed by atoms with Crippen LogP contribution in [0.15, 0.2) is 22.6 Å². The van der Waals surface area contributed by atoms with E-state index in [0.717, 1.165) is 7.11 Å². The van der Waals surface area contributed by atoms with Crippen LogP contribution in [-0.2, 0) is 9.53 Å². The van der Waals surface area contributed by atoms with E-state index in [1.54, 1.807) is 6.92 Å². The summed E-state index contributed by atoms with van der Waals surface area (Å²) < 4.78 is 23.0. The van der Waals surface area contributed by atoms with Crippen molar-refractivity contribution in [2.24, 2.45) is 0 Å². The minimum atomic E-state index is -1.19. The molecule has 1 heterocycles. The van der Waals surface area contributed by atoms with Crippen molar-refractivity contribution in [1.82, 2.24) is 5.32 Å². The highest BCUT2D eigenvalue weighted by Gasteiger charge is 2.25. The molecule has 0 aliphatic rings. The lowest BCUT2D eigenvalue weighted by Gasteiger charge is -2.12. The van der Waals surface area contributed by atoms with Gasteiger partial charge in [0.2, 0.25) is 0 Å². The van der Waals surface area contributed by atoms with Crippen LogP contribution >= 0.6 is 0 Å². The lowest BCUT2D eigenvalue weighted by Crippen LogP contribution is -2.44. The van der Waals surface area contributed by atoms with Gasteiger partial charge in [0, 0.05) is 10.9 Å². The number of halogens is 1. The summed E-state index contributed by atoms with van der Waals surface area (Å²) in [5.74, 6) is -1.95. The van der Waals surface area contributed by atoms with Crippen LogP contribution in [0.4, 0.5) is 4.39 Å². The highest BCUT2D eigenvalue weighted by Crippen LogP contribution is 2.25. The summed E-state index contributed by atoms with van der Waals surface area (Å²) in [6.07, 6.45) is 0. The Hall–Kier alpha value is -2.41. The molecule has 1 atom stereocenters. The molecule has 0 spiro atoms. The number of aliphatic hydroxyl groups excluding tert-OH is 1. The largest absolute Gasteiger partial charge is 0.467 e. The van der Waals surface area contributed by atoms with Crippen LogP contribution in [0.25, 0.3) is 11.0 Å². The second kappa shape index (κ2) is 5.92. The number of carbonyl (C=O) groups is 2. The normalized spacial score (nSPS) is 12.2. The molecule has 2 rings (SSSR count). The smallest absolute Gasteiger partial charge is 0.330 e. The van der Waals surface area contributed by atoms with Crippen molar-refractivity contribution in [1.29, 1.82) is 0 Å². The molecular formula is C14H14FNO5. The minimum Gasteiger partial charge on any atom is -0.467 e. The highest BCUT2D eigenvalue weighted by atomic mass is 19.1. The Bertz CT molecular complexity index is 694. The van der Waals surface area contributed by atoms with E-state index in [1.807, 2.05) is 0 Å². The molecule has 6 nitrogen and oxygen atoms in total. The number of rotatable bonds is 4. The maximum Gasteiger partial charge on any atom is 0.330 e. The first-order valence-electron chi connectivity index (χ1n) is 6.16. The van der Waals surface area contributed by atoms with E-state index >= 15 is 0 Å². The Balaban J connectivity index is 2.31. The van der Waals surface area contributed by atoms with Crippen molar-refractivity contribution in [3.63, 3.8) is 0 Å². The quantitative estimate of drug-likeness (QED) is 0.826. The molecule has 1 aromatic heterocycles. The molecule has 0 saturated carbocycles. The van der Waals surface area contributed by atoms with Crippen molar-refractivity contribution in [3.8, 4) is 0 Å². The van der Waals surface area contributed by atoms with Gasteiger partial charge in [0.05, 0.1) is 13.7 Å². The van der Waals surface area contributed by atoms with Crippen LogP contribution in [0.2, 0.25) is 0 Å². The van der Waals surface area contributed by atoms with Crippen molar-refractivity contribution in [2.75, 3.05) is 13.7 Å². The van der Waals surface area contributed by atoms with Gasteiger partial charge in [0.25, 0.3) is 5.91 Å². The molecule has 0 radical (unpaired) electrons. The SMILES string of the molecule is COC(=O)C(CO)NC(=O)c1oc2ccc(F)cc2c1C. The van der Waals surface area contributed by atoms with E-state index in [-0.39, 0.29) is 5.76 Å². The summed E-state index contributed by atoms with van der Waals surface area (Å²) in [7, 11) is 1.15. The summed E-state index contributed by atoms with van der Waals surface area (Å²) >= 11 is 0. The maximum atomic E-state index is 13.2. The standard InChI is InChI=1S/C14H14FNO5/c1-7-9-5-8(15)3-4-11(9)21-12(7)13(18)16-10(6-17)14(19)20-2/h3-5,10,17H,6H2,1-2H3,(H,16,18). The number of carbonyl (C=O) groups excluding carboxylic acids is 2. The number of esters is 1. The second-order valence-corrected chi connectivity index (χ2v) is 4.43. The molecule has 2 N–H and O–H groups in total. The first kappa shape index (κ1) is 15.0. The van der Waals surface area contributed by atoms with Crippen LogP contribution in [0, 0.1) is 12.7 Å². The van der Waals surface area contributed by atoms with Gasteiger partial charge in [0.1, 0.15) is 11.4 Å². The van der Waals surface area contributed by atoms with Gasteiger partial charge < -0.3 is 19.6 Å². The van der Waals surface area contributed by atoms with E-state index in [1.165, 1.54) is 18.2 Å². The summed E-state index contributed by atoms with van der Waals surface area (Å²) in [5.41, 5.74) is 0.807. The molecule has 0 aliphatic heterocycles. The number of hydrogen-bond acceptors (Lipinski definition) is 5. The molecule has 112 valence electrons. The third-order valence-electron chi connectivity index (χ3n) is 3.08. The van der Waals surface area contributed by atoms with E-state index in [9.17, 15) is 14.0 Å². The van der Waals surface area contributed by atoms with Gasteiger partial charge in [-0.1, -0.05) is 0 Å². The third-order valence-corrected chi connectivity index (χ3v) is 3.08. The Morgan fingerprint density at radius 3 is 2.81 bits per heavy atom. The summed E-state index contributed by atoms with van der Waals surface area (Å²) in [6, 6.07) is 2.71. The van der Waals surface area contributed by atoms with Gasteiger partial charge in [-0.2, -0.15) is 0 Å². The molecule has 0 fully saturated rings. The molecule has 2 aromatic rings. The first-order chi connectivity index (χ1) is 9.97. The molecule has 1 aromatic carbocycles. The third kappa shape index (κ3) is 2.87. The molecule has 1 unspecified atom stereocenters. The fourth-order valence-corrected chi connectivity index (χ4v) is 1.95. The van der Waals surface area contributed by atoms with Gasteiger partial charge >= 0.3 is 5.97 Å². The number of aliphatic hydroxyl groups is 1. The number of nitrogens with one attached hydrogen (secondary N) is 1. The first-order valence-corrected chi connectivity index (χ1v) is 6.16. The number of ether oxygens (including phenoxy) is 1. The second-order valence-electron chi connectivity index (χ2n) is 4.43. The van der Waals surface area contributed by atoms with E-state index in [4.69, 9.17) is 9.52 Å². The predicted octanol–water partition coefficient (Wildman–Crippen LogP) is 1.14. The van der Waals surface area contributed by atoms with Gasteiger partial charge in [-0.25, -0.2) is 9.18 Å². The van der Waals surface area contributed by atoms with Crippen molar-refractivity contribution >= 4 is 22.8 Å². The van der Waals surface area contributed by atoms with Crippen LogP contribution in [-0.4, -0.2) is 36.7 Å². The minimum absolute atomic E-state index is 0.0436. The Kier molecular flexibility index (Phi) is 4.23. The zero-order chi connectivity index (χ0) is 15.6. The van der Waals surface area contributed by atoms with Gasteiger partial charge in [0.15, 0.2) is 11.8 Å². The monoisotopic (exact) mass is 295 g/mol. The Labute approximate surface area is 119 Å². The van der Waals surface area contributed by atoms with Crippen LogP contribution in [0.5, 0.6) is 0 Å². The van der Waals surface area contributed by atoms with Gasteiger partial charge in [-0.05, 0) is 25.1 Å². The molecule has 7 heteroatoms. The maximum absolute atomic E-state index is 13.2. The summed E-state index contributed by atoms with van der Waals surface area (Å²) in [5, 5.41) is 11.8. The van der Waals surface area contributed by atoms with Gasteiger partial charge in [-0.3, -0.25) is 4.79 Å². The van der Waals surface area contributed by atoms with Crippen molar-refractivity contribution < 1.29 is 28.2 Å². The van der Waals surface area contributed by atoms with Crippen LogP contribution in [0.1, 0.15) is 16.1 Å². The number of furan rings is 1. The predicted molar refractivity (Wildman–Crippen MR) is 71.3 cm³/mol. The number of benzene rings is 1. The van der Waals surface area contributed by atoms with E-state index < -0.39 is 30.3 Å². The molecule has 21 heavy (non-hydrogen) atoms. The number of aryl methyl sites for hydroxylation is 1. The fourth-order valence-electron chi connectivity index (χ4n) is 1.95. The number of hydrogen-bond donors (Lipinski definition) is 2. The van der Waals surface area contributed by atoms with Crippen LogP contribution in [0.3, 0.4) is 0 Å². The average molecular weight is 295 g/mol. The summed E-state index contributed by atoms with van der Waals surface area (Å²) in [6.45, 7) is 0.999. The molecule has 0 saturated heterocycles. The summed E-state index contributed by atoms with van der Waals surface area (Å²) in [4.78, 5) is 23.4. The van der Waals surface area contributed by atoms with E-state index in [0.29, 0.717) is 16.5 Å². The Morgan fingerprint density at radius 2 is 2.19 bits per heavy atom. The molecule has 0 bridgehead atoms. The number of amides is 1. The lowest BCUT2D eigenvalue weighted by molar-refractivity contribution is -0.143. The zero-order valence-corrected chi connectivity index (χ0v) is 11.5. The molecular weight excluding hydrogens is 281 g/mol. The fraction of sp³-hybridized carbons (Fsp3) is 0.286. The average Bonchev–Trinajstić information content (AvgIpc) is 2.80. The Morgan fingerprint density at radius 1 is 1.48 bits per heavy atom. The molecule has 1 amide bonds. The van der Waals surface area contributed by atoms with E-state index in [2.05, 4.69) is 10.1 Å². The topological polar surface area (TPSA) is 88.8 Å².